The zero-order valence-electron chi connectivity index (χ0n) is 16.8. The van der Waals surface area contributed by atoms with Gasteiger partial charge in [0.15, 0.2) is 11.4 Å². The maximum absolute atomic E-state index is 9.47. The lowest BCUT2D eigenvalue weighted by Gasteiger charge is -2.13. The number of oxazole rings is 1. The number of azo groups is 1. The molecule has 0 amide bonds. The Balaban J connectivity index is 1.80. The van der Waals surface area contributed by atoms with Gasteiger partial charge in [0.25, 0.3) is 0 Å². The first kappa shape index (κ1) is 19.0. The number of hydrogen-bond acceptors (Lipinski definition) is 10. The van der Waals surface area contributed by atoms with Crippen LogP contribution in [0.2, 0.25) is 0 Å². The summed E-state index contributed by atoms with van der Waals surface area (Å²) in [7, 11) is 5.45. The van der Waals surface area contributed by atoms with E-state index < -0.39 is 0 Å². The molecule has 1 aromatic carbocycles. The fourth-order valence-corrected chi connectivity index (χ4v) is 2.75. The summed E-state index contributed by atoms with van der Waals surface area (Å²) < 4.78 is 7.09. The quantitative estimate of drug-likeness (QED) is 0.501. The zero-order chi connectivity index (χ0) is 21.3. The second-order valence-electron chi connectivity index (χ2n) is 6.52. The largest absolute Gasteiger partial charge is 0.422 e. The van der Waals surface area contributed by atoms with Gasteiger partial charge in [0.2, 0.25) is 11.8 Å². The maximum atomic E-state index is 9.47. The third kappa shape index (κ3) is 3.30. The zero-order valence-corrected chi connectivity index (χ0v) is 16.8. The number of para-hydroxylation sites is 2. The Morgan fingerprint density at radius 1 is 1.17 bits per heavy atom. The first-order valence-electron chi connectivity index (χ1n) is 9.01. The minimum absolute atomic E-state index is 0.191. The Morgan fingerprint density at radius 2 is 1.97 bits per heavy atom. The van der Waals surface area contributed by atoms with E-state index in [4.69, 9.17) is 4.42 Å². The summed E-state index contributed by atoms with van der Waals surface area (Å²) in [5.41, 5.74) is 2.59. The van der Waals surface area contributed by atoms with Crippen molar-refractivity contribution in [1.29, 1.82) is 5.26 Å². The number of aryl methyl sites for hydroxylation is 1. The number of benzene rings is 1. The van der Waals surface area contributed by atoms with Gasteiger partial charge in [-0.05, 0) is 19.1 Å². The van der Waals surface area contributed by atoms with Gasteiger partial charge in [0.05, 0.1) is 11.9 Å². The Hall–Kier alpha value is -4.33. The molecule has 0 spiro atoms. The molecule has 3 aromatic heterocycles. The van der Waals surface area contributed by atoms with Gasteiger partial charge in [-0.1, -0.05) is 12.1 Å². The molecule has 0 aliphatic carbocycles. The first-order valence-corrected chi connectivity index (χ1v) is 9.01. The molecule has 4 aromatic rings. The van der Waals surface area contributed by atoms with Crippen LogP contribution in [-0.2, 0) is 0 Å². The molecule has 0 fully saturated rings. The predicted molar refractivity (Wildman–Crippen MR) is 111 cm³/mol. The van der Waals surface area contributed by atoms with E-state index in [1.807, 2.05) is 39.2 Å². The number of nitriles is 1. The Labute approximate surface area is 171 Å². The van der Waals surface area contributed by atoms with E-state index in [0.717, 1.165) is 0 Å². The van der Waals surface area contributed by atoms with Gasteiger partial charge in [-0.3, -0.25) is 0 Å². The highest BCUT2D eigenvalue weighted by molar-refractivity contribution is 5.73. The second-order valence-corrected chi connectivity index (χ2v) is 6.52. The van der Waals surface area contributed by atoms with E-state index in [1.165, 1.54) is 10.9 Å². The number of nitrogens with one attached hydrogen (secondary N) is 1. The van der Waals surface area contributed by atoms with E-state index in [2.05, 4.69) is 41.7 Å². The second kappa shape index (κ2) is 7.59. The molecule has 0 bridgehead atoms. The summed E-state index contributed by atoms with van der Waals surface area (Å²) in [4.78, 5) is 15.1. The number of nitrogens with zero attached hydrogens (tertiary/aromatic N) is 9. The fraction of sp³-hybridized carbons (Fsp3) is 0.211. The summed E-state index contributed by atoms with van der Waals surface area (Å²) in [6, 6.07) is 9.59. The standard InChI is InChI=1S/C19H18N10O/c1-11-15(16(21-2)25-18(23-11)28(3)4)26-27-17-12(9-20)10-22-29(17)19-24-13-7-5-6-8-14(13)30-19/h5-8,10H,1-4H3,(H,21,23,25). The van der Waals surface area contributed by atoms with Crippen LogP contribution in [0.4, 0.5) is 23.3 Å². The first-order chi connectivity index (χ1) is 14.5. The SMILES string of the molecule is CNc1nc(N(C)C)nc(C)c1N=Nc1c(C#N)cnn1-c1nc2ccccc2o1. The maximum Gasteiger partial charge on any atom is 0.325 e. The molecule has 0 aliphatic heterocycles. The summed E-state index contributed by atoms with van der Waals surface area (Å²) >= 11 is 0. The van der Waals surface area contributed by atoms with Crippen LogP contribution in [-0.4, -0.2) is 45.9 Å². The van der Waals surface area contributed by atoms with Crippen molar-refractivity contribution in [2.75, 3.05) is 31.4 Å². The number of aromatic nitrogens is 5. The summed E-state index contributed by atoms with van der Waals surface area (Å²) in [6.45, 7) is 1.81. The lowest BCUT2D eigenvalue weighted by Crippen LogP contribution is -2.14. The number of fused-ring (bicyclic) bond motifs is 1. The molecule has 150 valence electrons. The van der Waals surface area contributed by atoms with Gasteiger partial charge in [0.1, 0.15) is 22.8 Å². The minimum atomic E-state index is 0.191. The third-order valence-corrected chi connectivity index (χ3v) is 4.26. The van der Waals surface area contributed by atoms with Crippen LogP contribution in [0.15, 0.2) is 45.1 Å². The Bertz CT molecular complexity index is 1260. The summed E-state index contributed by atoms with van der Waals surface area (Å²) in [6.07, 6.45) is 1.39. The molecule has 0 radical (unpaired) electrons. The molecule has 0 saturated heterocycles. The van der Waals surface area contributed by atoms with Gasteiger partial charge in [0, 0.05) is 21.1 Å². The van der Waals surface area contributed by atoms with E-state index in [-0.39, 0.29) is 17.4 Å². The Morgan fingerprint density at radius 3 is 2.67 bits per heavy atom. The number of anilines is 2. The molecule has 0 aliphatic rings. The van der Waals surface area contributed by atoms with Crippen LogP contribution in [0.3, 0.4) is 0 Å². The summed E-state index contributed by atoms with van der Waals surface area (Å²) in [5.74, 6) is 1.26. The van der Waals surface area contributed by atoms with Crippen LogP contribution in [0.25, 0.3) is 17.1 Å². The molecular weight excluding hydrogens is 384 g/mol. The highest BCUT2D eigenvalue weighted by Gasteiger charge is 2.18. The predicted octanol–water partition coefficient (Wildman–Crippen LogP) is 3.51. The number of rotatable bonds is 5. The highest BCUT2D eigenvalue weighted by atomic mass is 16.4. The van der Waals surface area contributed by atoms with Crippen molar-refractivity contribution in [3.05, 3.63) is 41.7 Å². The van der Waals surface area contributed by atoms with Crippen LogP contribution in [0.5, 0.6) is 0 Å². The van der Waals surface area contributed by atoms with Crippen LogP contribution < -0.4 is 10.2 Å². The van der Waals surface area contributed by atoms with Gasteiger partial charge < -0.3 is 14.6 Å². The molecule has 0 saturated carbocycles. The van der Waals surface area contributed by atoms with Crippen molar-refractivity contribution in [2.24, 2.45) is 10.2 Å². The van der Waals surface area contributed by atoms with Crippen molar-refractivity contribution < 1.29 is 4.42 Å². The van der Waals surface area contributed by atoms with Crippen molar-refractivity contribution in [3.63, 3.8) is 0 Å². The molecule has 11 nitrogen and oxygen atoms in total. The van der Waals surface area contributed by atoms with Crippen molar-refractivity contribution in [3.8, 4) is 12.1 Å². The minimum Gasteiger partial charge on any atom is -0.422 e. The average Bonchev–Trinajstić information content (AvgIpc) is 3.35. The van der Waals surface area contributed by atoms with Gasteiger partial charge in [-0.2, -0.15) is 25.0 Å². The van der Waals surface area contributed by atoms with Crippen LogP contribution >= 0.6 is 0 Å². The molecule has 30 heavy (non-hydrogen) atoms. The molecule has 1 N–H and O–H groups in total. The van der Waals surface area contributed by atoms with Gasteiger partial charge in [-0.25, -0.2) is 4.98 Å². The Kier molecular flexibility index (Phi) is 4.81. The van der Waals surface area contributed by atoms with E-state index >= 15 is 0 Å². The van der Waals surface area contributed by atoms with Crippen molar-refractivity contribution in [1.82, 2.24) is 24.7 Å². The van der Waals surface area contributed by atoms with Crippen LogP contribution in [0.1, 0.15) is 11.3 Å². The normalized spacial score (nSPS) is 11.2. The lowest BCUT2D eigenvalue weighted by molar-refractivity contribution is 0.544. The molecule has 3 heterocycles. The highest BCUT2D eigenvalue weighted by Crippen LogP contribution is 2.31. The molecule has 11 heteroatoms. The van der Waals surface area contributed by atoms with Gasteiger partial charge in [-0.15, -0.1) is 10.2 Å². The van der Waals surface area contributed by atoms with Crippen molar-refractivity contribution in [2.45, 2.75) is 6.92 Å². The smallest absolute Gasteiger partial charge is 0.325 e. The van der Waals surface area contributed by atoms with E-state index in [9.17, 15) is 5.26 Å². The average molecular weight is 402 g/mol. The third-order valence-electron chi connectivity index (χ3n) is 4.26. The van der Waals surface area contributed by atoms with Gasteiger partial charge >= 0.3 is 6.01 Å². The molecule has 0 unspecified atom stereocenters. The fourth-order valence-electron chi connectivity index (χ4n) is 2.75. The van der Waals surface area contributed by atoms with E-state index in [0.29, 0.717) is 34.2 Å². The topological polar surface area (TPSA) is 133 Å². The molecular formula is C19H18N10O. The van der Waals surface area contributed by atoms with Crippen LogP contribution in [0, 0.1) is 18.3 Å². The summed E-state index contributed by atoms with van der Waals surface area (Å²) in [5, 5.41) is 25.2. The molecule has 4 rings (SSSR count). The monoisotopic (exact) mass is 402 g/mol. The number of hydrogen-bond donors (Lipinski definition) is 1. The lowest BCUT2D eigenvalue weighted by atomic mass is 10.3. The van der Waals surface area contributed by atoms with E-state index in [1.54, 1.807) is 18.0 Å². The molecule has 0 atom stereocenters. The van der Waals surface area contributed by atoms with Crippen molar-refractivity contribution >= 4 is 34.4 Å².